The number of nitrogens with one attached hydrogen (secondary N) is 1. The van der Waals surface area contributed by atoms with Gasteiger partial charge in [0.1, 0.15) is 22.2 Å². The van der Waals surface area contributed by atoms with E-state index in [0.29, 0.717) is 28.4 Å². The van der Waals surface area contributed by atoms with Crippen molar-refractivity contribution in [2.24, 2.45) is 0 Å². The van der Waals surface area contributed by atoms with E-state index in [1.54, 1.807) is 18.2 Å². The normalized spacial score (nSPS) is 17.0. The third-order valence-corrected chi connectivity index (χ3v) is 6.64. The molecule has 0 fully saturated rings. The molecule has 0 amide bonds. The fourth-order valence-electron chi connectivity index (χ4n) is 2.75. The summed E-state index contributed by atoms with van der Waals surface area (Å²) in [7, 11) is -1.01. The number of ether oxygens (including phenoxy) is 2. The van der Waals surface area contributed by atoms with Crippen LogP contribution in [0.3, 0.4) is 0 Å². The average molecular weight is 383 g/mol. The van der Waals surface area contributed by atoms with Crippen LogP contribution in [-0.4, -0.2) is 28.4 Å². The minimum absolute atomic E-state index is 0.00877. The van der Waals surface area contributed by atoms with E-state index in [1.807, 2.05) is 0 Å². The molecule has 0 aliphatic carbocycles. The zero-order chi connectivity index (χ0) is 18.0. The highest BCUT2D eigenvalue weighted by Crippen LogP contribution is 2.39. The number of halogens is 1. The topological polar surface area (TPSA) is 64.6 Å². The summed E-state index contributed by atoms with van der Waals surface area (Å²) in [6.07, 6.45) is 0.576. The molecule has 0 saturated heterocycles. The van der Waals surface area contributed by atoms with Crippen LogP contribution < -0.4 is 14.2 Å². The molecule has 134 valence electrons. The molecule has 5 nitrogen and oxygen atoms in total. The maximum absolute atomic E-state index is 14.0. The van der Waals surface area contributed by atoms with Crippen molar-refractivity contribution in [2.75, 3.05) is 20.0 Å². The van der Waals surface area contributed by atoms with Crippen molar-refractivity contribution in [3.8, 4) is 11.5 Å². The smallest absolute Gasteiger partial charge is 0.244 e. The Morgan fingerprint density at radius 3 is 2.72 bits per heavy atom. The molecule has 0 aromatic heterocycles. The fraction of sp³-hybridized carbons (Fsp3) is 0.294. The van der Waals surface area contributed by atoms with Gasteiger partial charge in [-0.25, -0.2) is 17.5 Å². The van der Waals surface area contributed by atoms with Crippen molar-refractivity contribution < 1.29 is 22.3 Å². The van der Waals surface area contributed by atoms with Crippen LogP contribution in [0.1, 0.15) is 18.0 Å². The molecule has 0 radical (unpaired) electrons. The first-order chi connectivity index (χ1) is 12.0. The van der Waals surface area contributed by atoms with Gasteiger partial charge in [-0.15, -0.1) is 11.8 Å². The molecule has 2 aromatic carbocycles. The lowest BCUT2D eigenvalue weighted by Crippen LogP contribution is -2.31. The third-order valence-electron chi connectivity index (χ3n) is 3.98. The van der Waals surface area contributed by atoms with Gasteiger partial charge in [0.2, 0.25) is 10.0 Å². The fourth-order valence-corrected chi connectivity index (χ4v) is 5.33. The maximum Gasteiger partial charge on any atom is 0.244 e. The van der Waals surface area contributed by atoms with Crippen molar-refractivity contribution in [2.45, 2.75) is 22.3 Å². The quantitative estimate of drug-likeness (QED) is 0.858. The van der Waals surface area contributed by atoms with Crippen LogP contribution >= 0.6 is 11.8 Å². The van der Waals surface area contributed by atoms with Crippen molar-refractivity contribution in [1.82, 2.24) is 4.72 Å². The van der Waals surface area contributed by atoms with Crippen molar-refractivity contribution in [3.63, 3.8) is 0 Å². The van der Waals surface area contributed by atoms with Crippen LogP contribution in [0.15, 0.2) is 46.2 Å². The molecule has 8 heteroatoms. The molecule has 2 aromatic rings. The van der Waals surface area contributed by atoms with E-state index in [1.165, 1.54) is 44.2 Å². The number of fused-ring (bicyclic) bond motifs is 1. The predicted octanol–water partition coefficient (Wildman–Crippen LogP) is 3.36. The van der Waals surface area contributed by atoms with Gasteiger partial charge in [-0.2, -0.15) is 0 Å². The Hall–Kier alpha value is -1.77. The molecule has 1 atom stereocenters. The molecule has 0 saturated carbocycles. The molecule has 1 N–H and O–H groups in total. The number of sulfonamides is 1. The van der Waals surface area contributed by atoms with Gasteiger partial charge in [-0.3, -0.25) is 0 Å². The molecule has 25 heavy (non-hydrogen) atoms. The SMILES string of the molecule is COc1ccc(OC)c(S(=O)(=O)N[C@@H]2CCSc3c(F)cccc32)c1. The zero-order valence-electron chi connectivity index (χ0n) is 13.8. The number of rotatable bonds is 5. The minimum atomic E-state index is -3.88. The van der Waals surface area contributed by atoms with Crippen LogP contribution in [-0.2, 0) is 10.0 Å². The predicted molar refractivity (Wildman–Crippen MR) is 94.3 cm³/mol. The summed E-state index contributed by atoms with van der Waals surface area (Å²) in [6, 6.07) is 8.80. The first-order valence-electron chi connectivity index (χ1n) is 7.62. The first kappa shape index (κ1) is 18.0. The van der Waals surface area contributed by atoms with E-state index in [9.17, 15) is 12.8 Å². The molecular weight excluding hydrogens is 365 g/mol. The second-order valence-corrected chi connectivity index (χ2v) is 8.27. The summed E-state index contributed by atoms with van der Waals surface area (Å²) >= 11 is 1.40. The van der Waals surface area contributed by atoms with Gasteiger partial charge in [0, 0.05) is 17.0 Å². The van der Waals surface area contributed by atoms with Gasteiger partial charge in [-0.05, 0) is 35.9 Å². The highest BCUT2D eigenvalue weighted by Gasteiger charge is 2.29. The highest BCUT2D eigenvalue weighted by molar-refractivity contribution is 7.99. The molecule has 0 unspecified atom stereocenters. The molecule has 0 bridgehead atoms. The van der Waals surface area contributed by atoms with E-state index < -0.39 is 16.1 Å². The van der Waals surface area contributed by atoms with E-state index in [-0.39, 0.29) is 16.5 Å². The van der Waals surface area contributed by atoms with Gasteiger partial charge in [0.05, 0.1) is 14.2 Å². The summed E-state index contributed by atoms with van der Waals surface area (Å²) in [6.45, 7) is 0. The molecule has 1 heterocycles. The number of hydrogen-bond donors (Lipinski definition) is 1. The van der Waals surface area contributed by atoms with Gasteiger partial charge < -0.3 is 9.47 Å². The van der Waals surface area contributed by atoms with Crippen molar-refractivity contribution in [1.29, 1.82) is 0 Å². The Morgan fingerprint density at radius 1 is 1.20 bits per heavy atom. The average Bonchev–Trinajstić information content (AvgIpc) is 2.62. The number of thioether (sulfide) groups is 1. The Balaban J connectivity index is 1.98. The second kappa shape index (κ2) is 7.23. The summed E-state index contributed by atoms with van der Waals surface area (Å²) in [5.74, 6) is 0.936. The molecule has 0 spiro atoms. The Bertz CT molecular complexity index is 886. The molecular formula is C17H18FNO4S2. The number of benzene rings is 2. The van der Waals surface area contributed by atoms with E-state index >= 15 is 0 Å². The summed E-state index contributed by atoms with van der Waals surface area (Å²) in [4.78, 5) is 0.490. The second-order valence-electron chi connectivity index (χ2n) is 5.49. The van der Waals surface area contributed by atoms with Crippen LogP contribution in [0.4, 0.5) is 4.39 Å². The maximum atomic E-state index is 14.0. The third kappa shape index (κ3) is 3.61. The largest absolute Gasteiger partial charge is 0.497 e. The Morgan fingerprint density at radius 2 is 2.00 bits per heavy atom. The number of hydrogen-bond acceptors (Lipinski definition) is 5. The summed E-state index contributed by atoms with van der Waals surface area (Å²) in [5.41, 5.74) is 0.654. The van der Waals surface area contributed by atoms with Gasteiger partial charge in [0.25, 0.3) is 0 Å². The highest BCUT2D eigenvalue weighted by atomic mass is 32.2. The molecule has 1 aliphatic rings. The van der Waals surface area contributed by atoms with Gasteiger partial charge in [0.15, 0.2) is 0 Å². The van der Waals surface area contributed by atoms with Crippen LogP contribution in [0.25, 0.3) is 0 Å². The van der Waals surface area contributed by atoms with Crippen LogP contribution in [0.2, 0.25) is 0 Å². The lowest BCUT2D eigenvalue weighted by Gasteiger charge is -2.26. The monoisotopic (exact) mass is 383 g/mol. The molecule has 1 aliphatic heterocycles. The Kier molecular flexibility index (Phi) is 5.21. The van der Waals surface area contributed by atoms with Gasteiger partial charge >= 0.3 is 0 Å². The summed E-state index contributed by atoms with van der Waals surface area (Å²) < 4.78 is 52.7. The van der Waals surface area contributed by atoms with Crippen molar-refractivity contribution >= 4 is 21.8 Å². The molecule has 3 rings (SSSR count). The van der Waals surface area contributed by atoms with Gasteiger partial charge in [-0.1, -0.05) is 12.1 Å². The minimum Gasteiger partial charge on any atom is -0.497 e. The standard InChI is InChI=1S/C17H18FNO4S2/c1-22-11-6-7-15(23-2)16(10-11)25(20,21)19-14-8-9-24-17-12(14)4-3-5-13(17)18/h3-7,10,14,19H,8-9H2,1-2H3/t14-/m1/s1. The van der Waals surface area contributed by atoms with E-state index in [0.717, 1.165) is 0 Å². The first-order valence-corrected chi connectivity index (χ1v) is 10.1. The lowest BCUT2D eigenvalue weighted by atomic mass is 10.0. The zero-order valence-corrected chi connectivity index (χ0v) is 15.4. The lowest BCUT2D eigenvalue weighted by molar-refractivity contribution is 0.391. The number of methoxy groups -OCH3 is 2. The van der Waals surface area contributed by atoms with Crippen LogP contribution in [0.5, 0.6) is 11.5 Å². The van der Waals surface area contributed by atoms with E-state index in [4.69, 9.17) is 9.47 Å². The Labute approximate surface area is 150 Å². The van der Waals surface area contributed by atoms with E-state index in [2.05, 4.69) is 4.72 Å². The van der Waals surface area contributed by atoms with Crippen molar-refractivity contribution in [3.05, 3.63) is 47.8 Å². The van der Waals surface area contributed by atoms with Crippen LogP contribution in [0, 0.1) is 5.82 Å². The summed E-state index contributed by atoms with van der Waals surface area (Å²) in [5, 5.41) is 0.